The number of nitrogens with one attached hydrogen (secondary N) is 1. The second kappa shape index (κ2) is 7.18. The van der Waals surface area contributed by atoms with Gasteiger partial charge < -0.3 is 10.1 Å². The topological polar surface area (TPSA) is 38.3 Å². The second-order valence-corrected chi connectivity index (χ2v) is 5.56. The fourth-order valence-electron chi connectivity index (χ4n) is 2.09. The molecule has 0 aliphatic carbocycles. The fraction of sp³-hybridized carbons (Fsp3) is 0.235. The molecule has 0 saturated heterocycles. The third-order valence-electron chi connectivity index (χ3n) is 3.32. The molecule has 2 aromatic carbocycles. The Hall–Kier alpha value is -1.94. The van der Waals surface area contributed by atoms with E-state index in [2.05, 4.69) is 5.32 Å². The van der Waals surface area contributed by atoms with Gasteiger partial charge in [0.15, 0.2) is 0 Å². The summed E-state index contributed by atoms with van der Waals surface area (Å²) in [6.45, 7) is 2.40. The highest BCUT2D eigenvalue weighted by molar-refractivity contribution is 7.98. The Bertz CT molecular complexity index is 640. The van der Waals surface area contributed by atoms with Crippen molar-refractivity contribution in [3.63, 3.8) is 0 Å². The normalized spacial score (nSPS) is 10.2. The molecule has 3 nitrogen and oxygen atoms in total. The number of methoxy groups -OCH3 is 1. The molecule has 0 heterocycles. The molecular formula is C17H19NO2S. The highest BCUT2D eigenvalue weighted by atomic mass is 32.2. The van der Waals surface area contributed by atoms with Crippen LogP contribution in [0.5, 0.6) is 5.75 Å². The minimum Gasteiger partial charge on any atom is -0.496 e. The van der Waals surface area contributed by atoms with Gasteiger partial charge in [-0.1, -0.05) is 24.3 Å². The van der Waals surface area contributed by atoms with E-state index in [1.807, 2.05) is 55.6 Å². The fourth-order valence-corrected chi connectivity index (χ4v) is 2.53. The van der Waals surface area contributed by atoms with Gasteiger partial charge in [0.2, 0.25) is 0 Å². The van der Waals surface area contributed by atoms with E-state index in [1.54, 1.807) is 18.9 Å². The summed E-state index contributed by atoms with van der Waals surface area (Å²) in [4.78, 5) is 13.4. The molecule has 0 radical (unpaired) electrons. The van der Waals surface area contributed by atoms with Crippen LogP contribution in [0.1, 0.15) is 21.5 Å². The molecule has 0 aliphatic rings. The van der Waals surface area contributed by atoms with Crippen LogP contribution in [0.15, 0.2) is 47.4 Å². The molecule has 0 unspecified atom stereocenters. The molecule has 0 fully saturated rings. The van der Waals surface area contributed by atoms with Crippen LogP contribution in [0.25, 0.3) is 0 Å². The van der Waals surface area contributed by atoms with Gasteiger partial charge in [-0.15, -0.1) is 11.8 Å². The standard InChI is InChI=1S/C17H19NO2S/c1-12-8-9-14(21-3)10-15(12)17(19)18-11-13-6-4-5-7-16(13)20-2/h4-10H,11H2,1-3H3,(H,18,19). The van der Waals surface area contributed by atoms with Crippen molar-refractivity contribution < 1.29 is 9.53 Å². The van der Waals surface area contributed by atoms with Crippen LogP contribution in [0.3, 0.4) is 0 Å². The molecule has 0 bridgehead atoms. The van der Waals surface area contributed by atoms with Crippen molar-refractivity contribution in [2.24, 2.45) is 0 Å². The Labute approximate surface area is 129 Å². The van der Waals surface area contributed by atoms with Crippen molar-refractivity contribution >= 4 is 17.7 Å². The molecule has 4 heteroatoms. The van der Waals surface area contributed by atoms with Gasteiger partial charge in [0.25, 0.3) is 5.91 Å². The minimum atomic E-state index is -0.0608. The average Bonchev–Trinajstić information content (AvgIpc) is 2.53. The molecule has 0 aliphatic heterocycles. The Balaban J connectivity index is 2.11. The van der Waals surface area contributed by atoms with Gasteiger partial charge in [0.05, 0.1) is 7.11 Å². The highest BCUT2D eigenvalue weighted by Gasteiger charge is 2.10. The van der Waals surface area contributed by atoms with Gasteiger partial charge in [-0.05, 0) is 36.9 Å². The quantitative estimate of drug-likeness (QED) is 0.857. The minimum absolute atomic E-state index is 0.0608. The number of ether oxygens (including phenoxy) is 1. The molecule has 2 aromatic rings. The highest BCUT2D eigenvalue weighted by Crippen LogP contribution is 2.20. The summed E-state index contributed by atoms with van der Waals surface area (Å²) in [5.41, 5.74) is 2.66. The van der Waals surface area contributed by atoms with E-state index in [9.17, 15) is 4.79 Å². The van der Waals surface area contributed by atoms with Crippen molar-refractivity contribution in [3.8, 4) is 5.75 Å². The van der Waals surface area contributed by atoms with Crippen molar-refractivity contribution in [2.75, 3.05) is 13.4 Å². The van der Waals surface area contributed by atoms with Crippen LogP contribution in [0.4, 0.5) is 0 Å². The van der Waals surface area contributed by atoms with Crippen LogP contribution in [-0.4, -0.2) is 19.3 Å². The first-order valence-electron chi connectivity index (χ1n) is 6.70. The zero-order valence-electron chi connectivity index (χ0n) is 12.5. The van der Waals surface area contributed by atoms with Gasteiger partial charge in [-0.2, -0.15) is 0 Å². The Morgan fingerprint density at radius 3 is 2.71 bits per heavy atom. The lowest BCUT2D eigenvalue weighted by atomic mass is 10.1. The summed E-state index contributed by atoms with van der Waals surface area (Å²) in [6, 6.07) is 13.6. The molecule has 0 spiro atoms. The maximum atomic E-state index is 12.3. The first kappa shape index (κ1) is 15.4. The monoisotopic (exact) mass is 301 g/mol. The lowest BCUT2D eigenvalue weighted by Gasteiger charge is -2.11. The number of hydrogen-bond donors (Lipinski definition) is 1. The summed E-state index contributed by atoms with van der Waals surface area (Å²) < 4.78 is 5.29. The predicted octanol–water partition coefficient (Wildman–Crippen LogP) is 3.66. The number of aryl methyl sites for hydroxylation is 1. The van der Waals surface area contributed by atoms with Crippen LogP contribution < -0.4 is 10.1 Å². The number of carbonyl (C=O) groups excluding carboxylic acids is 1. The molecular weight excluding hydrogens is 282 g/mol. The molecule has 1 amide bonds. The summed E-state index contributed by atoms with van der Waals surface area (Å²) in [7, 11) is 1.63. The molecule has 0 atom stereocenters. The lowest BCUT2D eigenvalue weighted by Crippen LogP contribution is -2.23. The number of benzene rings is 2. The smallest absolute Gasteiger partial charge is 0.251 e. The first-order valence-corrected chi connectivity index (χ1v) is 7.93. The maximum Gasteiger partial charge on any atom is 0.251 e. The van der Waals surface area contributed by atoms with Gasteiger partial charge >= 0.3 is 0 Å². The largest absolute Gasteiger partial charge is 0.496 e. The van der Waals surface area contributed by atoms with Gasteiger partial charge in [0.1, 0.15) is 5.75 Å². The first-order chi connectivity index (χ1) is 10.2. The van der Waals surface area contributed by atoms with Crippen molar-refractivity contribution in [1.29, 1.82) is 0 Å². The van der Waals surface area contributed by atoms with E-state index in [4.69, 9.17) is 4.74 Å². The van der Waals surface area contributed by atoms with Crippen LogP contribution in [0.2, 0.25) is 0 Å². The summed E-state index contributed by atoms with van der Waals surface area (Å²) >= 11 is 1.63. The summed E-state index contributed by atoms with van der Waals surface area (Å²) in [5.74, 6) is 0.724. The second-order valence-electron chi connectivity index (χ2n) is 4.68. The molecule has 0 aromatic heterocycles. The number of thioether (sulfide) groups is 1. The number of carbonyl (C=O) groups is 1. The third kappa shape index (κ3) is 3.79. The van der Waals surface area contributed by atoms with E-state index in [-0.39, 0.29) is 5.91 Å². The van der Waals surface area contributed by atoms with E-state index in [0.29, 0.717) is 6.54 Å². The van der Waals surface area contributed by atoms with E-state index >= 15 is 0 Å². The zero-order valence-corrected chi connectivity index (χ0v) is 13.3. The Kier molecular flexibility index (Phi) is 5.28. The van der Waals surface area contributed by atoms with Gasteiger partial charge in [-0.3, -0.25) is 4.79 Å². The van der Waals surface area contributed by atoms with Crippen molar-refractivity contribution in [2.45, 2.75) is 18.4 Å². The van der Waals surface area contributed by atoms with E-state index < -0.39 is 0 Å². The molecule has 0 saturated carbocycles. The molecule has 21 heavy (non-hydrogen) atoms. The van der Waals surface area contributed by atoms with Crippen LogP contribution >= 0.6 is 11.8 Å². The number of hydrogen-bond acceptors (Lipinski definition) is 3. The van der Waals surface area contributed by atoms with Crippen molar-refractivity contribution in [1.82, 2.24) is 5.32 Å². The van der Waals surface area contributed by atoms with Crippen LogP contribution in [0, 0.1) is 6.92 Å². The average molecular weight is 301 g/mol. The zero-order chi connectivity index (χ0) is 15.2. The number of rotatable bonds is 5. The SMILES string of the molecule is COc1ccccc1CNC(=O)c1cc(SC)ccc1C. The molecule has 110 valence electrons. The van der Waals surface area contributed by atoms with E-state index in [0.717, 1.165) is 27.3 Å². The lowest BCUT2D eigenvalue weighted by molar-refractivity contribution is 0.0950. The molecule has 2 rings (SSSR count). The Morgan fingerprint density at radius 2 is 2.00 bits per heavy atom. The van der Waals surface area contributed by atoms with Crippen LogP contribution in [-0.2, 0) is 6.54 Å². The summed E-state index contributed by atoms with van der Waals surface area (Å²) in [5, 5.41) is 2.95. The summed E-state index contributed by atoms with van der Waals surface area (Å²) in [6.07, 6.45) is 2.00. The number of amides is 1. The third-order valence-corrected chi connectivity index (χ3v) is 4.05. The predicted molar refractivity (Wildman–Crippen MR) is 87.1 cm³/mol. The van der Waals surface area contributed by atoms with E-state index in [1.165, 1.54) is 0 Å². The number of para-hydroxylation sites is 1. The van der Waals surface area contributed by atoms with Crippen molar-refractivity contribution in [3.05, 3.63) is 59.2 Å². The molecule has 1 N–H and O–H groups in total. The Morgan fingerprint density at radius 1 is 1.24 bits per heavy atom. The van der Waals surface area contributed by atoms with Gasteiger partial charge in [0, 0.05) is 22.6 Å². The van der Waals surface area contributed by atoms with Gasteiger partial charge in [-0.25, -0.2) is 0 Å². The maximum absolute atomic E-state index is 12.3.